The van der Waals surface area contributed by atoms with Gasteiger partial charge in [-0.05, 0) is 35.0 Å². The molecular formula is C10H10BrO4-. The highest BCUT2D eigenvalue weighted by atomic mass is 79.9. The maximum Gasteiger partial charge on any atom is 0.174 e. The minimum Gasteiger partial charge on any atom is -0.545 e. The fraction of sp³-hybridized carbons (Fsp3) is 0.300. The third-order valence-electron chi connectivity index (χ3n) is 1.75. The smallest absolute Gasteiger partial charge is 0.174 e. The number of carboxylic acid groups (broad SMARTS) is 1. The highest BCUT2D eigenvalue weighted by molar-refractivity contribution is 9.10. The fourth-order valence-electron chi connectivity index (χ4n) is 1.15. The molecule has 0 radical (unpaired) electrons. The molecule has 0 aliphatic carbocycles. The van der Waals surface area contributed by atoms with Gasteiger partial charge < -0.3 is 19.4 Å². The van der Waals surface area contributed by atoms with Gasteiger partial charge in [0.05, 0.1) is 24.2 Å². The summed E-state index contributed by atoms with van der Waals surface area (Å²) in [6, 6.07) is 2.79. The maximum atomic E-state index is 10.7. The summed E-state index contributed by atoms with van der Waals surface area (Å²) >= 11 is 3.20. The molecule has 0 heterocycles. The quantitative estimate of drug-likeness (QED) is 0.828. The van der Waals surface area contributed by atoms with E-state index in [0.29, 0.717) is 22.6 Å². The molecule has 1 aromatic rings. The topological polar surface area (TPSA) is 58.6 Å². The van der Waals surface area contributed by atoms with E-state index in [9.17, 15) is 9.90 Å². The molecule has 4 nitrogen and oxygen atoms in total. The summed E-state index contributed by atoms with van der Waals surface area (Å²) in [5.74, 6) is -0.394. The van der Waals surface area contributed by atoms with E-state index in [-0.39, 0.29) is 5.56 Å². The number of benzene rings is 1. The van der Waals surface area contributed by atoms with Crippen LogP contribution in [0.3, 0.4) is 0 Å². The molecule has 1 rings (SSSR count). The standard InChI is InChI=1S/C10H11BrO4/c1-3-15-8-5-6(10(12)13)4-7(11)9(8)14-2/h4-5H,3H2,1-2H3,(H,12,13)/p-1. The van der Waals surface area contributed by atoms with Gasteiger partial charge in [0.25, 0.3) is 0 Å². The zero-order valence-corrected chi connectivity index (χ0v) is 9.96. The molecule has 0 unspecified atom stereocenters. The van der Waals surface area contributed by atoms with E-state index in [0.717, 1.165) is 0 Å². The first-order valence-corrected chi connectivity index (χ1v) is 5.11. The van der Waals surface area contributed by atoms with Crippen molar-refractivity contribution in [1.82, 2.24) is 0 Å². The van der Waals surface area contributed by atoms with Gasteiger partial charge in [-0.1, -0.05) is 0 Å². The van der Waals surface area contributed by atoms with Crippen molar-refractivity contribution < 1.29 is 19.4 Å². The first kappa shape index (κ1) is 11.8. The van der Waals surface area contributed by atoms with Crippen molar-refractivity contribution in [2.24, 2.45) is 0 Å². The molecule has 0 amide bonds. The van der Waals surface area contributed by atoms with E-state index in [1.165, 1.54) is 19.2 Å². The molecule has 1 aromatic carbocycles. The molecule has 0 aliphatic heterocycles. The molecule has 0 spiro atoms. The average molecular weight is 274 g/mol. The first-order valence-electron chi connectivity index (χ1n) is 4.31. The van der Waals surface area contributed by atoms with Gasteiger partial charge in [-0.2, -0.15) is 0 Å². The van der Waals surface area contributed by atoms with Crippen molar-refractivity contribution in [3.8, 4) is 11.5 Å². The van der Waals surface area contributed by atoms with E-state index in [1.807, 2.05) is 0 Å². The van der Waals surface area contributed by atoms with Crippen LogP contribution in [0.4, 0.5) is 0 Å². The van der Waals surface area contributed by atoms with E-state index in [4.69, 9.17) is 9.47 Å². The van der Waals surface area contributed by atoms with Crippen LogP contribution in [0.15, 0.2) is 16.6 Å². The Morgan fingerprint density at radius 3 is 2.67 bits per heavy atom. The molecule has 0 saturated carbocycles. The summed E-state index contributed by atoms with van der Waals surface area (Å²) in [4.78, 5) is 10.7. The van der Waals surface area contributed by atoms with Crippen LogP contribution in [0, 0.1) is 0 Å². The molecule has 0 bridgehead atoms. The number of ether oxygens (including phenoxy) is 2. The van der Waals surface area contributed by atoms with Crippen LogP contribution in [0.1, 0.15) is 17.3 Å². The Labute approximate surface area is 95.9 Å². The van der Waals surface area contributed by atoms with Crippen LogP contribution < -0.4 is 14.6 Å². The molecular weight excluding hydrogens is 264 g/mol. The number of carbonyl (C=O) groups excluding carboxylic acids is 1. The maximum absolute atomic E-state index is 10.7. The monoisotopic (exact) mass is 273 g/mol. The Bertz CT molecular complexity index is 376. The Balaban J connectivity index is 3.25. The van der Waals surface area contributed by atoms with E-state index in [2.05, 4.69) is 15.9 Å². The Kier molecular flexibility index (Phi) is 3.96. The molecule has 0 N–H and O–H groups in total. The van der Waals surface area contributed by atoms with Gasteiger partial charge in [0.2, 0.25) is 0 Å². The largest absolute Gasteiger partial charge is 0.545 e. The van der Waals surface area contributed by atoms with Crippen LogP contribution in [-0.2, 0) is 0 Å². The van der Waals surface area contributed by atoms with Crippen LogP contribution in [-0.4, -0.2) is 19.7 Å². The normalized spacial score (nSPS) is 9.80. The van der Waals surface area contributed by atoms with Gasteiger partial charge in [-0.25, -0.2) is 0 Å². The van der Waals surface area contributed by atoms with Gasteiger partial charge in [0.15, 0.2) is 11.5 Å². The van der Waals surface area contributed by atoms with Crippen molar-refractivity contribution in [2.45, 2.75) is 6.92 Å². The van der Waals surface area contributed by atoms with Crippen LogP contribution in [0.5, 0.6) is 11.5 Å². The predicted molar refractivity (Wildman–Crippen MR) is 56.2 cm³/mol. The fourth-order valence-corrected chi connectivity index (χ4v) is 1.75. The van der Waals surface area contributed by atoms with Gasteiger partial charge in [0, 0.05) is 5.56 Å². The number of hydrogen-bond acceptors (Lipinski definition) is 4. The third kappa shape index (κ3) is 2.62. The second-order valence-electron chi connectivity index (χ2n) is 2.71. The van der Waals surface area contributed by atoms with E-state index in [1.54, 1.807) is 6.92 Å². The summed E-state index contributed by atoms with van der Waals surface area (Å²) in [7, 11) is 1.49. The summed E-state index contributed by atoms with van der Waals surface area (Å²) in [5.41, 5.74) is 0.0473. The van der Waals surface area contributed by atoms with Crippen molar-refractivity contribution in [1.29, 1.82) is 0 Å². The van der Waals surface area contributed by atoms with Crippen LogP contribution in [0.25, 0.3) is 0 Å². The van der Waals surface area contributed by atoms with Crippen molar-refractivity contribution >= 4 is 21.9 Å². The SMILES string of the molecule is CCOc1cc(C(=O)[O-])cc(Br)c1OC. The molecule has 5 heteroatoms. The Morgan fingerprint density at radius 1 is 1.53 bits per heavy atom. The van der Waals surface area contributed by atoms with Gasteiger partial charge >= 0.3 is 0 Å². The summed E-state index contributed by atoms with van der Waals surface area (Å²) in [6.45, 7) is 2.23. The lowest BCUT2D eigenvalue weighted by molar-refractivity contribution is -0.255. The minimum absolute atomic E-state index is 0.0473. The number of halogens is 1. The zero-order chi connectivity index (χ0) is 11.4. The number of methoxy groups -OCH3 is 1. The van der Waals surface area contributed by atoms with Gasteiger partial charge in [-0.3, -0.25) is 0 Å². The number of hydrogen-bond donors (Lipinski definition) is 0. The van der Waals surface area contributed by atoms with Crippen molar-refractivity contribution in [3.63, 3.8) is 0 Å². The number of carbonyl (C=O) groups is 1. The number of carboxylic acids is 1. The minimum atomic E-state index is -1.25. The van der Waals surface area contributed by atoms with Crippen LogP contribution in [0.2, 0.25) is 0 Å². The molecule has 0 atom stereocenters. The predicted octanol–water partition coefficient (Wildman–Crippen LogP) is 1.22. The molecule has 15 heavy (non-hydrogen) atoms. The average Bonchev–Trinajstić information content (AvgIpc) is 2.17. The first-order chi connectivity index (χ1) is 7.10. The van der Waals surface area contributed by atoms with Crippen LogP contribution >= 0.6 is 15.9 Å². The van der Waals surface area contributed by atoms with Crippen molar-refractivity contribution in [2.75, 3.05) is 13.7 Å². The summed E-state index contributed by atoms with van der Waals surface area (Å²) in [6.07, 6.45) is 0. The summed E-state index contributed by atoms with van der Waals surface area (Å²) < 4.78 is 10.9. The summed E-state index contributed by atoms with van der Waals surface area (Å²) in [5, 5.41) is 10.7. The zero-order valence-electron chi connectivity index (χ0n) is 8.37. The highest BCUT2D eigenvalue weighted by Crippen LogP contribution is 2.36. The molecule has 0 saturated heterocycles. The second kappa shape index (κ2) is 5.02. The Hall–Kier alpha value is -1.23. The molecule has 0 aromatic heterocycles. The van der Waals surface area contributed by atoms with Gasteiger partial charge in [0.1, 0.15) is 0 Å². The number of rotatable bonds is 4. The molecule has 0 aliphatic rings. The van der Waals surface area contributed by atoms with Gasteiger partial charge in [-0.15, -0.1) is 0 Å². The number of aromatic carboxylic acids is 1. The van der Waals surface area contributed by atoms with Crippen molar-refractivity contribution in [3.05, 3.63) is 22.2 Å². The molecule has 0 fully saturated rings. The lowest BCUT2D eigenvalue weighted by Crippen LogP contribution is -2.22. The lowest BCUT2D eigenvalue weighted by atomic mass is 10.2. The molecule has 82 valence electrons. The second-order valence-corrected chi connectivity index (χ2v) is 3.56. The highest BCUT2D eigenvalue weighted by Gasteiger charge is 2.11. The third-order valence-corrected chi connectivity index (χ3v) is 2.34. The Morgan fingerprint density at radius 2 is 2.20 bits per heavy atom. The van der Waals surface area contributed by atoms with E-state index < -0.39 is 5.97 Å². The lowest BCUT2D eigenvalue weighted by Gasteiger charge is -2.13. The van der Waals surface area contributed by atoms with E-state index >= 15 is 0 Å².